The summed E-state index contributed by atoms with van der Waals surface area (Å²) in [6.45, 7) is 4.75. The Kier molecular flexibility index (Phi) is 4.45. The number of hydrogen-bond donors (Lipinski definition) is 1. The number of benzene rings is 1. The summed E-state index contributed by atoms with van der Waals surface area (Å²) in [6, 6.07) is 8.01. The van der Waals surface area contributed by atoms with Crippen LogP contribution in [-0.4, -0.2) is 19.2 Å². The van der Waals surface area contributed by atoms with Crippen molar-refractivity contribution in [1.82, 2.24) is 4.98 Å². The van der Waals surface area contributed by atoms with Gasteiger partial charge in [-0.3, -0.25) is 4.98 Å². The van der Waals surface area contributed by atoms with Crippen LogP contribution in [0.5, 0.6) is 11.5 Å². The van der Waals surface area contributed by atoms with Crippen LogP contribution in [0.4, 0.5) is 5.69 Å². The molecule has 0 unspecified atom stereocenters. The van der Waals surface area contributed by atoms with Crippen LogP contribution in [0.2, 0.25) is 0 Å². The van der Waals surface area contributed by atoms with Crippen molar-refractivity contribution in [2.75, 3.05) is 19.5 Å². The summed E-state index contributed by atoms with van der Waals surface area (Å²) in [5, 5.41) is 3.40. The molecule has 1 aromatic heterocycles. The first-order chi connectivity index (χ1) is 9.63. The van der Waals surface area contributed by atoms with Crippen molar-refractivity contribution < 1.29 is 9.47 Å². The summed E-state index contributed by atoms with van der Waals surface area (Å²) in [5.74, 6) is 1.47. The molecule has 0 amide bonds. The Hall–Kier alpha value is -2.23. The average Bonchev–Trinajstić information content (AvgIpc) is 2.47. The van der Waals surface area contributed by atoms with E-state index >= 15 is 0 Å². The Balaban J connectivity index is 2.14. The smallest absolute Gasteiger partial charge is 0.162 e. The normalized spacial score (nSPS) is 10.2. The van der Waals surface area contributed by atoms with Gasteiger partial charge < -0.3 is 14.8 Å². The zero-order valence-corrected chi connectivity index (χ0v) is 12.4. The summed E-state index contributed by atoms with van der Waals surface area (Å²) in [7, 11) is 3.28. The van der Waals surface area contributed by atoms with Crippen molar-refractivity contribution >= 4 is 5.69 Å². The van der Waals surface area contributed by atoms with Crippen LogP contribution >= 0.6 is 0 Å². The van der Waals surface area contributed by atoms with Crippen LogP contribution in [0.3, 0.4) is 0 Å². The van der Waals surface area contributed by atoms with Gasteiger partial charge in [0.1, 0.15) is 0 Å². The van der Waals surface area contributed by atoms with Crippen molar-refractivity contribution in [2.24, 2.45) is 0 Å². The first-order valence-corrected chi connectivity index (χ1v) is 6.52. The number of aromatic nitrogens is 1. The monoisotopic (exact) mass is 272 g/mol. The van der Waals surface area contributed by atoms with Crippen molar-refractivity contribution in [3.63, 3.8) is 0 Å². The number of nitrogens with zero attached hydrogens (tertiary/aromatic N) is 1. The lowest BCUT2D eigenvalue weighted by molar-refractivity contribution is 0.355. The fourth-order valence-corrected chi connectivity index (χ4v) is 1.97. The van der Waals surface area contributed by atoms with Crippen LogP contribution in [0.15, 0.2) is 30.5 Å². The van der Waals surface area contributed by atoms with Crippen LogP contribution in [0.25, 0.3) is 0 Å². The molecule has 1 N–H and O–H groups in total. The molecule has 0 aliphatic rings. The second-order valence-corrected chi connectivity index (χ2v) is 4.68. The van der Waals surface area contributed by atoms with E-state index in [-0.39, 0.29) is 0 Å². The third kappa shape index (κ3) is 3.20. The van der Waals surface area contributed by atoms with E-state index in [0.717, 1.165) is 40.6 Å². The number of anilines is 1. The van der Waals surface area contributed by atoms with Crippen LogP contribution in [0, 0.1) is 13.8 Å². The predicted molar refractivity (Wildman–Crippen MR) is 80.6 cm³/mol. The molecular formula is C16H20N2O2. The summed E-state index contributed by atoms with van der Waals surface area (Å²) in [5.41, 5.74) is 4.31. The van der Waals surface area contributed by atoms with E-state index in [9.17, 15) is 0 Å². The number of rotatable bonds is 5. The van der Waals surface area contributed by atoms with Crippen LogP contribution in [0.1, 0.15) is 16.8 Å². The highest BCUT2D eigenvalue weighted by Crippen LogP contribution is 2.33. The zero-order chi connectivity index (χ0) is 14.5. The van der Waals surface area contributed by atoms with E-state index in [0.29, 0.717) is 0 Å². The molecule has 0 saturated carbocycles. The van der Waals surface area contributed by atoms with Gasteiger partial charge in [0.25, 0.3) is 0 Å². The third-order valence-electron chi connectivity index (χ3n) is 3.19. The van der Waals surface area contributed by atoms with E-state index in [4.69, 9.17) is 9.47 Å². The molecule has 20 heavy (non-hydrogen) atoms. The van der Waals surface area contributed by atoms with Crippen molar-refractivity contribution in [3.05, 3.63) is 47.3 Å². The summed E-state index contributed by atoms with van der Waals surface area (Å²) < 4.78 is 10.6. The molecule has 0 atom stereocenters. The van der Waals surface area contributed by atoms with Gasteiger partial charge in [-0.05, 0) is 37.1 Å². The number of ether oxygens (including phenoxy) is 2. The van der Waals surface area contributed by atoms with Gasteiger partial charge >= 0.3 is 0 Å². The maximum absolute atomic E-state index is 5.32. The molecule has 2 rings (SSSR count). The SMILES string of the molecule is COc1cc(C)c(NCc2ccc(C)nc2)cc1OC. The largest absolute Gasteiger partial charge is 0.493 e. The van der Waals surface area contributed by atoms with E-state index < -0.39 is 0 Å². The topological polar surface area (TPSA) is 43.4 Å². The molecule has 0 bridgehead atoms. The minimum absolute atomic E-state index is 0.725. The molecule has 4 nitrogen and oxygen atoms in total. The quantitative estimate of drug-likeness (QED) is 0.906. The van der Waals surface area contributed by atoms with Gasteiger partial charge in [-0.2, -0.15) is 0 Å². The van der Waals surface area contributed by atoms with Crippen molar-refractivity contribution in [1.29, 1.82) is 0 Å². The standard InChI is InChI=1S/C16H20N2O2/c1-11-7-15(19-3)16(20-4)8-14(11)18-10-13-6-5-12(2)17-9-13/h5-9,18H,10H2,1-4H3. The maximum Gasteiger partial charge on any atom is 0.162 e. The second-order valence-electron chi connectivity index (χ2n) is 4.68. The lowest BCUT2D eigenvalue weighted by Crippen LogP contribution is -2.03. The van der Waals surface area contributed by atoms with E-state index in [1.165, 1.54) is 0 Å². The molecule has 0 spiro atoms. The summed E-state index contributed by atoms with van der Waals surface area (Å²) in [6.07, 6.45) is 1.89. The molecular weight excluding hydrogens is 252 g/mol. The highest BCUT2D eigenvalue weighted by molar-refractivity contribution is 5.60. The molecule has 4 heteroatoms. The Bertz CT molecular complexity index is 580. The number of hydrogen-bond acceptors (Lipinski definition) is 4. The molecule has 0 aliphatic heterocycles. The van der Waals surface area contributed by atoms with Crippen LogP contribution in [-0.2, 0) is 6.54 Å². The number of methoxy groups -OCH3 is 2. The Morgan fingerprint density at radius 2 is 1.75 bits per heavy atom. The minimum Gasteiger partial charge on any atom is -0.493 e. The first kappa shape index (κ1) is 14.2. The van der Waals surface area contributed by atoms with E-state index in [1.54, 1.807) is 14.2 Å². The van der Waals surface area contributed by atoms with Gasteiger partial charge in [0, 0.05) is 30.2 Å². The zero-order valence-electron chi connectivity index (χ0n) is 12.4. The van der Waals surface area contributed by atoms with Gasteiger partial charge in [0.2, 0.25) is 0 Å². The lowest BCUT2D eigenvalue weighted by atomic mass is 10.1. The third-order valence-corrected chi connectivity index (χ3v) is 3.19. The highest BCUT2D eigenvalue weighted by Gasteiger charge is 2.08. The molecule has 0 aliphatic carbocycles. The summed E-state index contributed by atoms with van der Waals surface area (Å²) >= 11 is 0. The average molecular weight is 272 g/mol. The maximum atomic E-state index is 5.32. The Morgan fingerprint density at radius 1 is 1.05 bits per heavy atom. The van der Waals surface area contributed by atoms with E-state index in [1.807, 2.05) is 38.2 Å². The molecule has 1 aromatic carbocycles. The van der Waals surface area contributed by atoms with Gasteiger partial charge in [-0.1, -0.05) is 6.07 Å². The Labute approximate surface area is 119 Å². The van der Waals surface area contributed by atoms with Gasteiger partial charge in [-0.25, -0.2) is 0 Å². The molecule has 1 heterocycles. The molecule has 0 saturated heterocycles. The first-order valence-electron chi connectivity index (χ1n) is 6.52. The Morgan fingerprint density at radius 3 is 2.35 bits per heavy atom. The number of pyridine rings is 1. The fourth-order valence-electron chi connectivity index (χ4n) is 1.97. The predicted octanol–water partition coefficient (Wildman–Crippen LogP) is 3.33. The second kappa shape index (κ2) is 6.28. The van der Waals surface area contributed by atoms with Crippen molar-refractivity contribution in [2.45, 2.75) is 20.4 Å². The van der Waals surface area contributed by atoms with Crippen molar-refractivity contribution in [3.8, 4) is 11.5 Å². The fraction of sp³-hybridized carbons (Fsp3) is 0.312. The minimum atomic E-state index is 0.725. The molecule has 0 radical (unpaired) electrons. The highest BCUT2D eigenvalue weighted by atomic mass is 16.5. The molecule has 106 valence electrons. The van der Waals surface area contributed by atoms with Gasteiger partial charge in [0.15, 0.2) is 11.5 Å². The number of aryl methyl sites for hydroxylation is 2. The van der Waals surface area contributed by atoms with E-state index in [2.05, 4.69) is 16.4 Å². The lowest BCUT2D eigenvalue weighted by Gasteiger charge is -2.14. The van der Waals surface area contributed by atoms with Crippen LogP contribution < -0.4 is 14.8 Å². The summed E-state index contributed by atoms with van der Waals surface area (Å²) in [4.78, 5) is 4.29. The number of nitrogens with one attached hydrogen (secondary N) is 1. The van der Waals surface area contributed by atoms with Gasteiger partial charge in [0.05, 0.1) is 14.2 Å². The molecule has 2 aromatic rings. The van der Waals surface area contributed by atoms with Gasteiger partial charge in [-0.15, -0.1) is 0 Å². The molecule has 0 fully saturated rings.